The van der Waals surface area contributed by atoms with Crippen molar-refractivity contribution < 1.29 is 0 Å². The van der Waals surface area contributed by atoms with Crippen LogP contribution >= 0.6 is 0 Å². The summed E-state index contributed by atoms with van der Waals surface area (Å²) in [5, 5.41) is 0. The van der Waals surface area contributed by atoms with Gasteiger partial charge in [0.05, 0.1) is 6.33 Å². The Balaban J connectivity index is 2.93. The van der Waals surface area contributed by atoms with Crippen molar-refractivity contribution in [2.24, 2.45) is 5.92 Å². The zero-order valence-electron chi connectivity index (χ0n) is 9.28. The highest BCUT2D eigenvalue weighted by Gasteiger charge is 2.14. The maximum atomic E-state index is 4.21. The Morgan fingerprint density at radius 2 is 1.77 bits per heavy atom. The fourth-order valence-electron chi connectivity index (χ4n) is 1.42. The van der Waals surface area contributed by atoms with Crippen LogP contribution < -0.4 is 0 Å². The number of aromatic nitrogens is 2. The van der Waals surface area contributed by atoms with Crippen LogP contribution in [0.3, 0.4) is 0 Å². The lowest BCUT2D eigenvalue weighted by Crippen LogP contribution is -2.13. The van der Waals surface area contributed by atoms with Crippen molar-refractivity contribution in [3.63, 3.8) is 0 Å². The number of hydrogen-bond donors (Lipinski definition) is 0. The molecule has 2 nitrogen and oxygen atoms in total. The van der Waals surface area contributed by atoms with Gasteiger partial charge in [0.25, 0.3) is 0 Å². The molecule has 0 spiro atoms. The molecule has 2 heteroatoms. The zero-order valence-corrected chi connectivity index (χ0v) is 9.28. The summed E-state index contributed by atoms with van der Waals surface area (Å²) in [4.78, 5) is 4.21. The van der Waals surface area contributed by atoms with Gasteiger partial charge in [-0.3, -0.25) is 0 Å². The molecule has 0 fully saturated rings. The van der Waals surface area contributed by atoms with E-state index in [1.165, 1.54) is 5.69 Å². The predicted octanol–water partition coefficient (Wildman–Crippen LogP) is 3.22. The van der Waals surface area contributed by atoms with Gasteiger partial charge in [-0.25, -0.2) is 4.98 Å². The summed E-state index contributed by atoms with van der Waals surface area (Å²) < 4.78 is 2.29. The van der Waals surface area contributed by atoms with Crippen LogP contribution in [-0.4, -0.2) is 9.55 Å². The van der Waals surface area contributed by atoms with Gasteiger partial charge in [-0.2, -0.15) is 0 Å². The van der Waals surface area contributed by atoms with Crippen LogP contribution in [-0.2, 0) is 0 Å². The van der Waals surface area contributed by atoms with Crippen LogP contribution in [0.15, 0.2) is 12.5 Å². The first-order valence-electron chi connectivity index (χ1n) is 5.05. The third kappa shape index (κ3) is 2.11. The van der Waals surface area contributed by atoms with Gasteiger partial charge in [0.1, 0.15) is 0 Å². The van der Waals surface area contributed by atoms with E-state index in [1.807, 2.05) is 12.5 Å². The minimum atomic E-state index is 0.542. The summed E-state index contributed by atoms with van der Waals surface area (Å²) in [6.45, 7) is 11.2. The van der Waals surface area contributed by atoms with Crippen molar-refractivity contribution >= 4 is 0 Å². The molecule has 1 rings (SSSR count). The summed E-state index contributed by atoms with van der Waals surface area (Å²) in [6.07, 6.45) is 3.92. The molecule has 0 saturated heterocycles. The molecule has 1 heterocycles. The molecule has 13 heavy (non-hydrogen) atoms. The van der Waals surface area contributed by atoms with Crippen LogP contribution in [0.4, 0.5) is 0 Å². The standard InChI is InChI=1S/C11H20N2/c1-8(2)10(5)13-7-12-6-11(13)9(3)4/h6-10H,1-5H3. The number of imidazole rings is 1. The molecular formula is C11H20N2. The monoisotopic (exact) mass is 180 g/mol. The number of hydrogen-bond acceptors (Lipinski definition) is 1. The maximum absolute atomic E-state index is 4.21. The topological polar surface area (TPSA) is 17.8 Å². The van der Waals surface area contributed by atoms with E-state index in [0.29, 0.717) is 17.9 Å². The van der Waals surface area contributed by atoms with E-state index < -0.39 is 0 Å². The molecule has 0 saturated carbocycles. The Kier molecular flexibility index (Phi) is 3.12. The molecule has 0 aromatic carbocycles. The van der Waals surface area contributed by atoms with E-state index in [4.69, 9.17) is 0 Å². The van der Waals surface area contributed by atoms with E-state index in [9.17, 15) is 0 Å². The van der Waals surface area contributed by atoms with Gasteiger partial charge < -0.3 is 4.57 Å². The van der Waals surface area contributed by atoms with Gasteiger partial charge in [-0.15, -0.1) is 0 Å². The Bertz CT molecular complexity index is 261. The Morgan fingerprint density at radius 3 is 2.23 bits per heavy atom. The van der Waals surface area contributed by atoms with Crippen LogP contribution in [0, 0.1) is 5.92 Å². The van der Waals surface area contributed by atoms with Crippen LogP contribution in [0.25, 0.3) is 0 Å². The highest BCUT2D eigenvalue weighted by atomic mass is 15.1. The minimum absolute atomic E-state index is 0.542. The predicted molar refractivity (Wildman–Crippen MR) is 55.9 cm³/mol. The highest BCUT2D eigenvalue weighted by Crippen LogP contribution is 2.22. The first-order valence-corrected chi connectivity index (χ1v) is 5.05. The Morgan fingerprint density at radius 1 is 1.15 bits per heavy atom. The van der Waals surface area contributed by atoms with Crippen molar-refractivity contribution in [2.45, 2.75) is 46.6 Å². The third-order valence-corrected chi connectivity index (χ3v) is 2.69. The van der Waals surface area contributed by atoms with Gasteiger partial charge in [0, 0.05) is 17.9 Å². The molecule has 74 valence electrons. The van der Waals surface area contributed by atoms with E-state index in [2.05, 4.69) is 44.2 Å². The van der Waals surface area contributed by atoms with Crippen molar-refractivity contribution in [1.82, 2.24) is 9.55 Å². The first kappa shape index (κ1) is 10.3. The molecule has 1 aromatic heterocycles. The largest absolute Gasteiger partial charge is 0.331 e. The van der Waals surface area contributed by atoms with Gasteiger partial charge in [0.2, 0.25) is 0 Å². The van der Waals surface area contributed by atoms with Crippen molar-refractivity contribution in [3.8, 4) is 0 Å². The summed E-state index contributed by atoms with van der Waals surface area (Å²) in [6, 6.07) is 0.542. The van der Waals surface area contributed by atoms with Gasteiger partial charge >= 0.3 is 0 Å². The molecule has 0 aliphatic carbocycles. The normalized spacial score (nSPS) is 14.1. The SMILES string of the molecule is CC(C)c1cncn1C(C)C(C)C. The molecule has 0 aliphatic rings. The molecule has 0 amide bonds. The minimum Gasteiger partial charge on any atom is -0.331 e. The molecule has 1 aromatic rings. The molecule has 0 aliphatic heterocycles. The smallest absolute Gasteiger partial charge is 0.0950 e. The van der Waals surface area contributed by atoms with Gasteiger partial charge in [0.15, 0.2) is 0 Å². The molecule has 0 N–H and O–H groups in total. The lowest BCUT2D eigenvalue weighted by molar-refractivity contribution is 0.394. The highest BCUT2D eigenvalue weighted by molar-refractivity contribution is 5.05. The second-order valence-electron chi connectivity index (χ2n) is 4.37. The first-order chi connectivity index (χ1) is 6.04. The fourth-order valence-corrected chi connectivity index (χ4v) is 1.42. The lowest BCUT2D eigenvalue weighted by Gasteiger charge is -2.21. The Labute approximate surface area is 81.0 Å². The van der Waals surface area contributed by atoms with Crippen LogP contribution in [0.5, 0.6) is 0 Å². The second kappa shape index (κ2) is 3.95. The summed E-state index contributed by atoms with van der Waals surface area (Å²) in [5.41, 5.74) is 1.33. The van der Waals surface area contributed by atoms with Crippen LogP contribution in [0.2, 0.25) is 0 Å². The molecule has 1 unspecified atom stereocenters. The summed E-state index contributed by atoms with van der Waals surface area (Å²) >= 11 is 0. The third-order valence-electron chi connectivity index (χ3n) is 2.69. The van der Waals surface area contributed by atoms with Crippen molar-refractivity contribution in [2.75, 3.05) is 0 Å². The van der Waals surface area contributed by atoms with E-state index in [-0.39, 0.29) is 0 Å². The van der Waals surface area contributed by atoms with E-state index in [0.717, 1.165) is 0 Å². The maximum Gasteiger partial charge on any atom is 0.0950 e. The van der Waals surface area contributed by atoms with Gasteiger partial charge in [-0.1, -0.05) is 27.7 Å². The number of nitrogens with zero attached hydrogens (tertiary/aromatic N) is 2. The van der Waals surface area contributed by atoms with E-state index >= 15 is 0 Å². The lowest BCUT2D eigenvalue weighted by atomic mass is 10.0. The average Bonchev–Trinajstić information content (AvgIpc) is 2.50. The fraction of sp³-hybridized carbons (Fsp3) is 0.727. The van der Waals surface area contributed by atoms with Gasteiger partial charge in [-0.05, 0) is 18.8 Å². The average molecular weight is 180 g/mol. The Hall–Kier alpha value is -0.790. The molecular weight excluding hydrogens is 160 g/mol. The molecule has 0 bridgehead atoms. The van der Waals surface area contributed by atoms with Crippen LogP contribution in [0.1, 0.15) is 52.3 Å². The summed E-state index contributed by atoms with van der Waals surface area (Å²) in [5.74, 6) is 1.22. The van der Waals surface area contributed by atoms with Crippen molar-refractivity contribution in [3.05, 3.63) is 18.2 Å². The second-order valence-corrected chi connectivity index (χ2v) is 4.37. The molecule has 0 radical (unpaired) electrons. The zero-order chi connectivity index (χ0) is 10.0. The quantitative estimate of drug-likeness (QED) is 0.698. The summed E-state index contributed by atoms with van der Waals surface area (Å²) in [7, 11) is 0. The molecule has 1 atom stereocenters. The number of rotatable bonds is 3. The van der Waals surface area contributed by atoms with Crippen molar-refractivity contribution in [1.29, 1.82) is 0 Å². The van der Waals surface area contributed by atoms with E-state index in [1.54, 1.807) is 0 Å².